The fourth-order valence-corrected chi connectivity index (χ4v) is 5.24. The first-order chi connectivity index (χ1) is 12.4. The molecule has 2 N–H and O–H groups in total. The lowest BCUT2D eigenvalue weighted by Crippen LogP contribution is -2.46. The van der Waals surface area contributed by atoms with Crippen LogP contribution in [0, 0.1) is 18.7 Å². The molecule has 0 aromatic heterocycles. The van der Waals surface area contributed by atoms with Crippen LogP contribution in [0.4, 0.5) is 4.39 Å². The SMILES string of the molecule is Cc1ccc(S(=O)(=O)N2CCCC(CNC(=O)C3CCCN3)C2)c(F)c1.Cl. The van der Waals surface area contributed by atoms with Crippen LogP contribution in [0.2, 0.25) is 0 Å². The second kappa shape index (κ2) is 9.32. The third-order valence-corrected chi connectivity index (χ3v) is 7.03. The van der Waals surface area contributed by atoms with Crippen molar-refractivity contribution in [2.75, 3.05) is 26.2 Å². The third kappa shape index (κ3) is 5.19. The van der Waals surface area contributed by atoms with Crippen molar-refractivity contribution in [1.29, 1.82) is 0 Å². The molecule has 152 valence electrons. The molecule has 2 saturated heterocycles. The quantitative estimate of drug-likeness (QED) is 0.763. The lowest BCUT2D eigenvalue weighted by molar-refractivity contribution is -0.123. The fourth-order valence-electron chi connectivity index (χ4n) is 3.64. The number of aryl methyl sites for hydroxylation is 1. The Kier molecular flexibility index (Phi) is 7.62. The molecule has 0 radical (unpaired) electrons. The largest absolute Gasteiger partial charge is 0.354 e. The van der Waals surface area contributed by atoms with E-state index in [4.69, 9.17) is 0 Å². The van der Waals surface area contributed by atoms with E-state index in [1.54, 1.807) is 13.0 Å². The smallest absolute Gasteiger partial charge is 0.245 e. The molecular formula is C18H27ClFN3O3S. The summed E-state index contributed by atoms with van der Waals surface area (Å²) in [5, 5.41) is 6.08. The van der Waals surface area contributed by atoms with E-state index in [0.717, 1.165) is 25.8 Å². The zero-order chi connectivity index (χ0) is 18.7. The van der Waals surface area contributed by atoms with Crippen molar-refractivity contribution in [3.05, 3.63) is 29.6 Å². The highest BCUT2D eigenvalue weighted by Gasteiger charge is 2.32. The summed E-state index contributed by atoms with van der Waals surface area (Å²) in [6.07, 6.45) is 3.38. The maximum absolute atomic E-state index is 14.2. The predicted octanol–water partition coefficient (Wildman–Crippen LogP) is 1.82. The van der Waals surface area contributed by atoms with Gasteiger partial charge in [0, 0.05) is 19.6 Å². The van der Waals surface area contributed by atoms with Gasteiger partial charge >= 0.3 is 0 Å². The zero-order valence-electron chi connectivity index (χ0n) is 15.4. The third-order valence-electron chi connectivity index (χ3n) is 5.13. The van der Waals surface area contributed by atoms with E-state index in [1.165, 1.54) is 16.4 Å². The Bertz CT molecular complexity index is 769. The van der Waals surface area contributed by atoms with Gasteiger partial charge in [-0.15, -0.1) is 12.4 Å². The van der Waals surface area contributed by atoms with Gasteiger partial charge in [0.1, 0.15) is 10.7 Å². The highest BCUT2D eigenvalue weighted by atomic mass is 35.5. The highest BCUT2D eigenvalue weighted by molar-refractivity contribution is 7.89. The summed E-state index contributed by atoms with van der Waals surface area (Å²) in [5.41, 5.74) is 0.682. The van der Waals surface area contributed by atoms with Crippen molar-refractivity contribution in [2.24, 2.45) is 5.92 Å². The van der Waals surface area contributed by atoms with Crippen molar-refractivity contribution in [2.45, 2.75) is 43.5 Å². The number of benzene rings is 1. The molecule has 2 aliphatic rings. The van der Waals surface area contributed by atoms with Crippen LogP contribution >= 0.6 is 12.4 Å². The van der Waals surface area contributed by atoms with Crippen LogP contribution in [0.1, 0.15) is 31.2 Å². The second-order valence-corrected chi connectivity index (χ2v) is 9.11. The van der Waals surface area contributed by atoms with E-state index in [0.29, 0.717) is 31.6 Å². The molecule has 2 heterocycles. The molecule has 6 nitrogen and oxygen atoms in total. The van der Waals surface area contributed by atoms with E-state index in [9.17, 15) is 17.6 Å². The number of carbonyl (C=O) groups excluding carboxylic acids is 1. The Morgan fingerprint density at radius 1 is 1.33 bits per heavy atom. The molecule has 9 heteroatoms. The maximum Gasteiger partial charge on any atom is 0.245 e. The van der Waals surface area contributed by atoms with Crippen molar-refractivity contribution in [1.82, 2.24) is 14.9 Å². The highest BCUT2D eigenvalue weighted by Crippen LogP contribution is 2.25. The number of nitrogens with zero attached hydrogens (tertiary/aromatic N) is 1. The van der Waals surface area contributed by atoms with Crippen LogP contribution < -0.4 is 10.6 Å². The minimum Gasteiger partial charge on any atom is -0.354 e. The van der Waals surface area contributed by atoms with Crippen molar-refractivity contribution in [3.63, 3.8) is 0 Å². The normalized spacial score (nSPS) is 23.6. The zero-order valence-corrected chi connectivity index (χ0v) is 17.0. The molecular weight excluding hydrogens is 393 g/mol. The monoisotopic (exact) mass is 419 g/mol. The number of sulfonamides is 1. The minimum absolute atomic E-state index is 0. The number of piperidine rings is 1. The average molecular weight is 420 g/mol. The van der Waals surface area contributed by atoms with Crippen molar-refractivity contribution >= 4 is 28.3 Å². The summed E-state index contributed by atoms with van der Waals surface area (Å²) in [6, 6.07) is 4.03. The molecule has 27 heavy (non-hydrogen) atoms. The topological polar surface area (TPSA) is 78.5 Å². The van der Waals surface area contributed by atoms with Gasteiger partial charge in [0.05, 0.1) is 6.04 Å². The first-order valence-electron chi connectivity index (χ1n) is 9.15. The Hall–Kier alpha value is -1.22. The summed E-state index contributed by atoms with van der Waals surface area (Å²) in [6.45, 7) is 3.70. The first kappa shape index (κ1) is 22.1. The summed E-state index contributed by atoms with van der Waals surface area (Å²) < 4.78 is 41.1. The number of hydrogen-bond acceptors (Lipinski definition) is 4. The number of nitrogens with one attached hydrogen (secondary N) is 2. The van der Waals surface area contributed by atoms with Crippen molar-refractivity contribution < 1.29 is 17.6 Å². The molecule has 1 aromatic rings. The van der Waals surface area contributed by atoms with Gasteiger partial charge in [0.2, 0.25) is 15.9 Å². The second-order valence-electron chi connectivity index (χ2n) is 7.20. The fraction of sp³-hybridized carbons (Fsp3) is 0.611. The Morgan fingerprint density at radius 2 is 2.11 bits per heavy atom. The van der Waals surface area contributed by atoms with Gasteiger partial charge in [-0.05, 0) is 62.8 Å². The van der Waals surface area contributed by atoms with Crippen molar-refractivity contribution in [3.8, 4) is 0 Å². The van der Waals surface area contributed by atoms with E-state index in [1.807, 2.05) is 0 Å². The molecule has 0 aliphatic carbocycles. The number of halogens is 2. The molecule has 0 saturated carbocycles. The van der Waals surface area contributed by atoms with Crippen LogP contribution in [0.15, 0.2) is 23.1 Å². The Balaban J connectivity index is 0.00000261. The van der Waals surface area contributed by atoms with E-state index in [-0.39, 0.29) is 35.2 Å². The average Bonchev–Trinajstić information content (AvgIpc) is 3.14. The summed E-state index contributed by atoms with van der Waals surface area (Å²) in [7, 11) is -3.86. The van der Waals surface area contributed by atoms with E-state index >= 15 is 0 Å². The van der Waals surface area contributed by atoms with Crippen LogP contribution in [0.3, 0.4) is 0 Å². The Morgan fingerprint density at radius 3 is 2.78 bits per heavy atom. The molecule has 2 atom stereocenters. The lowest BCUT2D eigenvalue weighted by atomic mass is 9.99. The maximum atomic E-state index is 14.2. The van der Waals surface area contributed by atoms with E-state index in [2.05, 4.69) is 10.6 Å². The number of rotatable bonds is 5. The molecule has 2 fully saturated rings. The van der Waals surface area contributed by atoms with Crippen LogP contribution in [-0.4, -0.2) is 50.9 Å². The van der Waals surface area contributed by atoms with Gasteiger partial charge in [0.15, 0.2) is 0 Å². The van der Waals surface area contributed by atoms with Gasteiger partial charge in [-0.3, -0.25) is 4.79 Å². The molecule has 1 aromatic carbocycles. The van der Waals surface area contributed by atoms with Gasteiger partial charge in [-0.2, -0.15) is 4.31 Å². The van der Waals surface area contributed by atoms with Crippen LogP contribution in [0.5, 0.6) is 0 Å². The number of carbonyl (C=O) groups is 1. The summed E-state index contributed by atoms with van der Waals surface area (Å²) >= 11 is 0. The molecule has 3 rings (SSSR count). The standard InChI is InChI=1S/C18H26FN3O3S.ClH/c1-13-6-7-17(15(19)10-13)26(24,25)22-9-3-4-14(12-22)11-21-18(23)16-5-2-8-20-16;/h6-7,10,14,16,20H,2-5,8-9,11-12H2,1H3,(H,21,23);1H. The minimum atomic E-state index is -3.86. The number of hydrogen-bond donors (Lipinski definition) is 2. The van der Waals surface area contributed by atoms with Gasteiger partial charge < -0.3 is 10.6 Å². The Labute approximate surface area is 166 Å². The number of amides is 1. The van der Waals surface area contributed by atoms with Gasteiger partial charge in [0.25, 0.3) is 0 Å². The molecule has 1 amide bonds. The first-order valence-corrected chi connectivity index (χ1v) is 10.6. The lowest BCUT2D eigenvalue weighted by Gasteiger charge is -2.32. The summed E-state index contributed by atoms with van der Waals surface area (Å²) in [5.74, 6) is -0.697. The van der Waals surface area contributed by atoms with E-state index < -0.39 is 15.8 Å². The van der Waals surface area contributed by atoms with Gasteiger partial charge in [-0.1, -0.05) is 6.07 Å². The van der Waals surface area contributed by atoms with Gasteiger partial charge in [-0.25, -0.2) is 12.8 Å². The summed E-state index contributed by atoms with van der Waals surface area (Å²) in [4.78, 5) is 11.8. The molecule has 2 unspecified atom stereocenters. The van der Waals surface area contributed by atoms with Crippen LogP contribution in [0.25, 0.3) is 0 Å². The molecule has 0 spiro atoms. The van der Waals surface area contributed by atoms with Crippen LogP contribution in [-0.2, 0) is 14.8 Å². The molecule has 0 bridgehead atoms. The molecule has 2 aliphatic heterocycles. The predicted molar refractivity (Wildman–Crippen MR) is 104 cm³/mol.